The molecule has 0 aliphatic carbocycles. The van der Waals surface area contributed by atoms with Gasteiger partial charge in [0.1, 0.15) is 0 Å². The van der Waals surface area contributed by atoms with Crippen LogP contribution in [-0.4, -0.2) is 9.78 Å². The average molecular weight is 322 g/mol. The van der Waals surface area contributed by atoms with Crippen LogP contribution < -0.4 is 5.32 Å². The van der Waals surface area contributed by atoms with Crippen LogP contribution in [0.1, 0.15) is 37.9 Å². The van der Waals surface area contributed by atoms with E-state index in [1.54, 1.807) is 0 Å². The van der Waals surface area contributed by atoms with Crippen molar-refractivity contribution in [1.29, 1.82) is 0 Å². The van der Waals surface area contributed by atoms with Gasteiger partial charge >= 0.3 is 0 Å². The molecule has 0 aliphatic heterocycles. The third-order valence-electron chi connectivity index (χ3n) is 3.12. The molecule has 0 saturated carbocycles. The zero-order valence-corrected chi connectivity index (χ0v) is 13.2. The number of hydrogen-bond acceptors (Lipinski definition) is 2. The number of benzene rings is 1. The van der Waals surface area contributed by atoms with Gasteiger partial charge in [0.05, 0.1) is 6.20 Å². The van der Waals surface area contributed by atoms with Gasteiger partial charge in [-0.1, -0.05) is 22.9 Å². The lowest BCUT2D eigenvalue weighted by molar-refractivity contribution is 0.532. The summed E-state index contributed by atoms with van der Waals surface area (Å²) in [4.78, 5) is 0. The van der Waals surface area contributed by atoms with Gasteiger partial charge < -0.3 is 5.32 Å². The van der Waals surface area contributed by atoms with Crippen LogP contribution in [0.4, 0.5) is 5.69 Å². The van der Waals surface area contributed by atoms with E-state index in [2.05, 4.69) is 71.5 Å². The molecule has 1 N–H and O–H groups in total. The predicted octanol–water partition coefficient (Wildman–Crippen LogP) is 4.40. The number of aromatic nitrogens is 2. The van der Waals surface area contributed by atoms with E-state index < -0.39 is 0 Å². The van der Waals surface area contributed by atoms with Crippen LogP contribution in [0.15, 0.2) is 35.1 Å². The van der Waals surface area contributed by atoms with Crippen molar-refractivity contribution in [3.8, 4) is 0 Å². The second-order valence-corrected chi connectivity index (χ2v) is 5.85. The summed E-state index contributed by atoms with van der Waals surface area (Å²) in [6.07, 6.45) is 5.05. The van der Waals surface area contributed by atoms with Gasteiger partial charge in [0.15, 0.2) is 0 Å². The summed E-state index contributed by atoms with van der Waals surface area (Å²) in [5.74, 6) is 0. The summed E-state index contributed by atoms with van der Waals surface area (Å²) in [5, 5.41) is 7.84. The first-order chi connectivity index (χ1) is 9.10. The lowest BCUT2D eigenvalue weighted by Crippen LogP contribution is -2.02. The fourth-order valence-corrected chi connectivity index (χ4v) is 2.38. The molecule has 1 aromatic heterocycles. The van der Waals surface area contributed by atoms with Crippen molar-refractivity contribution in [1.82, 2.24) is 9.78 Å². The lowest BCUT2D eigenvalue weighted by Gasteiger charge is -2.10. The maximum absolute atomic E-state index is 4.35. The molecule has 2 rings (SSSR count). The molecule has 1 heterocycles. The highest BCUT2D eigenvalue weighted by molar-refractivity contribution is 9.10. The van der Waals surface area contributed by atoms with E-state index in [0.717, 1.165) is 17.4 Å². The highest BCUT2D eigenvalue weighted by atomic mass is 79.9. The molecule has 19 heavy (non-hydrogen) atoms. The van der Waals surface area contributed by atoms with E-state index in [1.807, 2.05) is 10.9 Å². The van der Waals surface area contributed by atoms with Crippen molar-refractivity contribution in [2.45, 2.75) is 39.8 Å². The smallest absolute Gasteiger partial charge is 0.0539 e. The molecule has 102 valence electrons. The molecular formula is C15H20BrN3. The van der Waals surface area contributed by atoms with Crippen molar-refractivity contribution < 1.29 is 0 Å². The van der Waals surface area contributed by atoms with E-state index in [4.69, 9.17) is 0 Å². The molecule has 4 heteroatoms. The Morgan fingerprint density at radius 2 is 2.16 bits per heavy atom. The monoisotopic (exact) mass is 321 g/mol. The minimum absolute atomic E-state index is 0.410. The fraction of sp³-hybridized carbons (Fsp3) is 0.400. The van der Waals surface area contributed by atoms with E-state index >= 15 is 0 Å². The summed E-state index contributed by atoms with van der Waals surface area (Å²) < 4.78 is 3.11. The Hall–Kier alpha value is -1.29. The maximum atomic E-state index is 4.35. The number of aryl methyl sites for hydroxylation is 1. The molecule has 0 saturated heterocycles. The minimum Gasteiger partial charge on any atom is -0.381 e. The molecule has 0 fully saturated rings. The zero-order valence-electron chi connectivity index (χ0n) is 11.7. The number of halogens is 1. The highest BCUT2D eigenvalue weighted by Gasteiger charge is 2.04. The van der Waals surface area contributed by atoms with E-state index in [-0.39, 0.29) is 0 Å². The van der Waals surface area contributed by atoms with Gasteiger partial charge in [0, 0.05) is 34.5 Å². The van der Waals surface area contributed by atoms with Gasteiger partial charge in [-0.3, -0.25) is 4.68 Å². The lowest BCUT2D eigenvalue weighted by atomic mass is 10.1. The Balaban J connectivity index is 2.05. The van der Waals surface area contributed by atoms with Crippen molar-refractivity contribution in [3.05, 3.63) is 46.2 Å². The van der Waals surface area contributed by atoms with E-state index in [1.165, 1.54) is 16.8 Å². The Bertz CT molecular complexity index is 546. The minimum atomic E-state index is 0.410. The van der Waals surface area contributed by atoms with Gasteiger partial charge in [-0.05, 0) is 44.0 Å². The first kappa shape index (κ1) is 14.1. The number of rotatable bonds is 5. The second kappa shape index (κ2) is 6.24. The molecule has 0 bridgehead atoms. The van der Waals surface area contributed by atoms with Crippen LogP contribution in [0.2, 0.25) is 0 Å². The Morgan fingerprint density at radius 3 is 2.79 bits per heavy atom. The van der Waals surface area contributed by atoms with E-state index in [9.17, 15) is 0 Å². The van der Waals surface area contributed by atoms with Crippen molar-refractivity contribution >= 4 is 21.6 Å². The highest BCUT2D eigenvalue weighted by Crippen LogP contribution is 2.22. The van der Waals surface area contributed by atoms with Crippen molar-refractivity contribution in [3.63, 3.8) is 0 Å². The summed E-state index contributed by atoms with van der Waals surface area (Å²) in [7, 11) is 0. The van der Waals surface area contributed by atoms with Crippen molar-refractivity contribution in [2.75, 3.05) is 5.32 Å². The SMILES string of the molecule is CCc1cc(Br)ccc1NCc1cnn(C(C)C)c1. The maximum Gasteiger partial charge on any atom is 0.0539 e. The summed E-state index contributed by atoms with van der Waals surface area (Å²) >= 11 is 3.51. The largest absolute Gasteiger partial charge is 0.381 e. The summed E-state index contributed by atoms with van der Waals surface area (Å²) in [6, 6.07) is 6.77. The van der Waals surface area contributed by atoms with Gasteiger partial charge in [0.2, 0.25) is 0 Å². The van der Waals surface area contributed by atoms with Crippen LogP contribution in [0.25, 0.3) is 0 Å². The Labute approximate surface area is 123 Å². The zero-order chi connectivity index (χ0) is 13.8. The molecule has 2 aromatic rings. The average Bonchev–Trinajstić information content (AvgIpc) is 2.86. The van der Waals surface area contributed by atoms with Gasteiger partial charge in [-0.2, -0.15) is 5.10 Å². The van der Waals surface area contributed by atoms with Crippen LogP contribution in [0.5, 0.6) is 0 Å². The Kier molecular flexibility index (Phi) is 4.64. The normalized spacial score (nSPS) is 11.0. The first-order valence-electron chi connectivity index (χ1n) is 6.65. The van der Waals surface area contributed by atoms with Gasteiger partial charge in [0.25, 0.3) is 0 Å². The number of nitrogens with one attached hydrogen (secondary N) is 1. The third-order valence-corrected chi connectivity index (χ3v) is 3.61. The molecule has 0 spiro atoms. The van der Waals surface area contributed by atoms with Crippen molar-refractivity contribution in [2.24, 2.45) is 0 Å². The first-order valence-corrected chi connectivity index (χ1v) is 7.44. The standard InChI is InChI=1S/C15H20BrN3/c1-4-13-7-14(16)5-6-15(13)17-8-12-9-18-19(10-12)11(2)3/h5-7,9-11,17H,4,8H2,1-3H3. The van der Waals surface area contributed by atoms with Crippen LogP contribution in [0, 0.1) is 0 Å². The summed E-state index contributed by atoms with van der Waals surface area (Å²) in [5.41, 5.74) is 3.73. The van der Waals surface area contributed by atoms with Crippen LogP contribution in [-0.2, 0) is 13.0 Å². The van der Waals surface area contributed by atoms with Gasteiger partial charge in [-0.15, -0.1) is 0 Å². The third kappa shape index (κ3) is 3.60. The Morgan fingerprint density at radius 1 is 1.37 bits per heavy atom. The second-order valence-electron chi connectivity index (χ2n) is 4.93. The van der Waals surface area contributed by atoms with Gasteiger partial charge in [-0.25, -0.2) is 0 Å². The number of anilines is 1. The molecule has 0 unspecified atom stereocenters. The fourth-order valence-electron chi connectivity index (χ4n) is 1.98. The van der Waals surface area contributed by atoms with E-state index in [0.29, 0.717) is 6.04 Å². The topological polar surface area (TPSA) is 29.9 Å². The van der Waals surface area contributed by atoms with Crippen LogP contribution >= 0.6 is 15.9 Å². The summed E-state index contributed by atoms with van der Waals surface area (Å²) in [6.45, 7) is 7.24. The molecule has 0 atom stereocenters. The predicted molar refractivity (Wildman–Crippen MR) is 83.5 cm³/mol. The molecule has 0 radical (unpaired) electrons. The van der Waals surface area contributed by atoms with Crippen LogP contribution in [0.3, 0.4) is 0 Å². The number of nitrogens with zero attached hydrogens (tertiary/aromatic N) is 2. The molecule has 0 aliphatic rings. The number of hydrogen-bond donors (Lipinski definition) is 1. The molecular weight excluding hydrogens is 302 g/mol. The molecule has 1 aromatic carbocycles. The molecule has 3 nitrogen and oxygen atoms in total. The quantitative estimate of drug-likeness (QED) is 0.884. The molecule has 0 amide bonds.